The van der Waals surface area contributed by atoms with Gasteiger partial charge in [-0.15, -0.1) is 0 Å². The third kappa shape index (κ3) is 5.49. The van der Waals surface area contributed by atoms with Gasteiger partial charge in [-0.05, 0) is 54.1 Å². The molecule has 0 atom stereocenters. The van der Waals surface area contributed by atoms with E-state index in [2.05, 4.69) is 26.5 Å². The molecule has 0 unspecified atom stereocenters. The van der Waals surface area contributed by atoms with E-state index in [1.54, 1.807) is 36.4 Å². The van der Waals surface area contributed by atoms with Gasteiger partial charge in [0.1, 0.15) is 24.0 Å². The molecule has 3 aromatic carbocycles. The number of amides is 1. The molecule has 0 fully saturated rings. The fourth-order valence-electron chi connectivity index (χ4n) is 2.53. The van der Waals surface area contributed by atoms with E-state index in [1.807, 2.05) is 0 Å². The fourth-order valence-corrected chi connectivity index (χ4v) is 2.91. The number of carbonyl (C=O) groups is 1. The van der Waals surface area contributed by atoms with Crippen LogP contribution in [0.1, 0.15) is 27.0 Å². The Kier molecular flexibility index (Phi) is 6.88. The number of nitrogens with one attached hydrogen (secondary N) is 1. The van der Waals surface area contributed by atoms with Crippen LogP contribution in [0.25, 0.3) is 0 Å². The van der Waals surface area contributed by atoms with Gasteiger partial charge >= 0.3 is 0 Å². The summed E-state index contributed by atoms with van der Waals surface area (Å²) in [6.07, 6.45) is 1.35. The highest BCUT2D eigenvalue weighted by Crippen LogP contribution is 2.23. The molecule has 0 saturated carbocycles. The van der Waals surface area contributed by atoms with Crippen LogP contribution in [-0.2, 0) is 6.61 Å². The maximum absolute atomic E-state index is 13.9. The maximum Gasteiger partial charge on any atom is 0.274 e. The van der Waals surface area contributed by atoms with Gasteiger partial charge in [-0.2, -0.15) is 10.4 Å². The Bertz CT molecular complexity index is 1160. The van der Waals surface area contributed by atoms with Gasteiger partial charge in [0.25, 0.3) is 5.91 Å². The second-order valence-electron chi connectivity index (χ2n) is 6.11. The van der Waals surface area contributed by atoms with Crippen LogP contribution in [0, 0.1) is 23.0 Å². The Balaban J connectivity index is 1.71. The number of hydrogen-bond acceptors (Lipinski definition) is 4. The molecular weight excluding hydrogens is 456 g/mol. The summed E-state index contributed by atoms with van der Waals surface area (Å²) in [4.78, 5) is 12.1. The highest BCUT2D eigenvalue weighted by atomic mass is 79.9. The van der Waals surface area contributed by atoms with Crippen molar-refractivity contribution in [3.8, 4) is 11.8 Å². The van der Waals surface area contributed by atoms with Crippen molar-refractivity contribution >= 4 is 28.1 Å². The van der Waals surface area contributed by atoms with Gasteiger partial charge in [-0.25, -0.2) is 14.2 Å². The third-order valence-corrected chi connectivity index (χ3v) is 4.46. The molecule has 0 aliphatic heterocycles. The number of carbonyl (C=O) groups excluding carboxylic acids is 1. The average Bonchev–Trinajstić information content (AvgIpc) is 2.73. The van der Waals surface area contributed by atoms with Gasteiger partial charge < -0.3 is 4.74 Å². The topological polar surface area (TPSA) is 74.5 Å². The van der Waals surface area contributed by atoms with Crippen LogP contribution in [0.4, 0.5) is 8.78 Å². The molecule has 0 spiro atoms. The summed E-state index contributed by atoms with van der Waals surface area (Å²) in [6.45, 7) is 0.142. The molecule has 0 bridgehead atoms. The SMILES string of the molecule is N#Cc1ccc(C(=O)N/N=C\c2cc(Br)ccc2OCc2cccc(F)c2)c(F)c1. The normalized spacial score (nSPS) is 10.6. The summed E-state index contributed by atoms with van der Waals surface area (Å²) in [5, 5.41) is 12.6. The number of nitriles is 1. The summed E-state index contributed by atoms with van der Waals surface area (Å²) in [5.41, 5.74) is 3.32. The molecule has 0 radical (unpaired) electrons. The highest BCUT2D eigenvalue weighted by Gasteiger charge is 2.12. The molecule has 3 aromatic rings. The van der Waals surface area contributed by atoms with Crippen molar-refractivity contribution in [3.63, 3.8) is 0 Å². The summed E-state index contributed by atoms with van der Waals surface area (Å²) in [6, 6.07) is 16.6. The van der Waals surface area contributed by atoms with E-state index < -0.39 is 11.7 Å². The number of ether oxygens (including phenoxy) is 1. The Morgan fingerprint density at radius 1 is 1.17 bits per heavy atom. The molecule has 150 valence electrons. The Morgan fingerprint density at radius 3 is 2.73 bits per heavy atom. The largest absolute Gasteiger partial charge is 0.488 e. The smallest absolute Gasteiger partial charge is 0.274 e. The van der Waals surface area contributed by atoms with Crippen molar-refractivity contribution in [3.05, 3.63) is 99.0 Å². The minimum Gasteiger partial charge on any atom is -0.488 e. The van der Waals surface area contributed by atoms with E-state index in [1.165, 1.54) is 30.5 Å². The molecule has 3 rings (SSSR count). The zero-order valence-electron chi connectivity index (χ0n) is 15.4. The van der Waals surface area contributed by atoms with Crippen molar-refractivity contribution in [1.29, 1.82) is 5.26 Å². The lowest BCUT2D eigenvalue weighted by Gasteiger charge is -2.10. The van der Waals surface area contributed by atoms with Crippen LogP contribution in [0.15, 0.2) is 70.2 Å². The van der Waals surface area contributed by atoms with Gasteiger partial charge in [-0.3, -0.25) is 4.79 Å². The van der Waals surface area contributed by atoms with Crippen molar-refractivity contribution in [2.75, 3.05) is 0 Å². The molecule has 0 aliphatic carbocycles. The standard InChI is InChI=1S/C22H14BrF2N3O2/c23-17-5-7-21(30-13-15-2-1-3-18(24)8-15)16(10-17)12-27-28-22(29)19-6-4-14(11-26)9-20(19)25/h1-10,12H,13H2,(H,28,29)/b27-12-. The number of halogens is 3. The Labute approximate surface area is 179 Å². The first-order valence-corrected chi connectivity index (χ1v) is 9.45. The van der Waals surface area contributed by atoms with Gasteiger partial charge in [-0.1, -0.05) is 28.1 Å². The van der Waals surface area contributed by atoms with E-state index in [0.717, 1.165) is 10.5 Å². The monoisotopic (exact) mass is 469 g/mol. The highest BCUT2D eigenvalue weighted by molar-refractivity contribution is 9.10. The number of nitrogens with zero attached hydrogens (tertiary/aromatic N) is 2. The quantitative estimate of drug-likeness (QED) is 0.410. The van der Waals surface area contributed by atoms with Gasteiger partial charge in [0, 0.05) is 10.0 Å². The van der Waals surface area contributed by atoms with Crippen molar-refractivity contribution in [2.24, 2.45) is 5.10 Å². The first kappa shape index (κ1) is 21.1. The van der Waals surface area contributed by atoms with E-state index in [4.69, 9.17) is 10.00 Å². The molecule has 8 heteroatoms. The molecule has 0 saturated heterocycles. The zero-order chi connectivity index (χ0) is 21.5. The number of hydrogen-bond donors (Lipinski definition) is 1. The second kappa shape index (κ2) is 9.76. The maximum atomic E-state index is 13.9. The predicted molar refractivity (Wildman–Crippen MR) is 111 cm³/mol. The van der Waals surface area contributed by atoms with Crippen LogP contribution < -0.4 is 10.2 Å². The third-order valence-electron chi connectivity index (χ3n) is 3.97. The van der Waals surface area contributed by atoms with E-state index in [-0.39, 0.29) is 23.6 Å². The minimum atomic E-state index is -0.816. The molecular formula is C22H14BrF2N3O2. The summed E-state index contributed by atoms with van der Waals surface area (Å²) in [7, 11) is 0. The molecule has 0 aliphatic rings. The van der Waals surface area contributed by atoms with Crippen LogP contribution in [0.3, 0.4) is 0 Å². The fraction of sp³-hybridized carbons (Fsp3) is 0.0455. The van der Waals surface area contributed by atoms with Gasteiger partial charge in [0.15, 0.2) is 0 Å². The molecule has 1 N–H and O–H groups in total. The summed E-state index contributed by atoms with van der Waals surface area (Å²) in [5.74, 6) is -1.47. The van der Waals surface area contributed by atoms with E-state index >= 15 is 0 Å². The van der Waals surface area contributed by atoms with Crippen molar-refractivity contribution < 1.29 is 18.3 Å². The minimum absolute atomic E-state index is 0.113. The first-order chi connectivity index (χ1) is 14.5. The second-order valence-corrected chi connectivity index (χ2v) is 7.02. The van der Waals surface area contributed by atoms with Crippen LogP contribution in [0.5, 0.6) is 5.75 Å². The number of benzene rings is 3. The lowest BCUT2D eigenvalue weighted by Crippen LogP contribution is -2.19. The van der Waals surface area contributed by atoms with Crippen LogP contribution in [0.2, 0.25) is 0 Å². The number of rotatable bonds is 6. The molecule has 0 aromatic heterocycles. The van der Waals surface area contributed by atoms with Crippen molar-refractivity contribution in [1.82, 2.24) is 5.43 Å². The molecule has 1 amide bonds. The average molecular weight is 470 g/mol. The van der Waals surface area contributed by atoms with Crippen molar-refractivity contribution in [2.45, 2.75) is 6.61 Å². The zero-order valence-corrected chi connectivity index (χ0v) is 17.0. The van der Waals surface area contributed by atoms with Gasteiger partial charge in [0.05, 0.1) is 23.4 Å². The predicted octanol–water partition coefficient (Wildman–Crippen LogP) is 4.94. The molecule has 0 heterocycles. The van der Waals surface area contributed by atoms with E-state index in [0.29, 0.717) is 16.9 Å². The summed E-state index contributed by atoms with van der Waals surface area (Å²) >= 11 is 3.35. The Hall–Kier alpha value is -3.57. The lowest BCUT2D eigenvalue weighted by molar-refractivity contribution is 0.0951. The van der Waals surface area contributed by atoms with E-state index in [9.17, 15) is 13.6 Å². The Morgan fingerprint density at radius 2 is 2.00 bits per heavy atom. The lowest BCUT2D eigenvalue weighted by atomic mass is 10.1. The summed E-state index contributed by atoms with van der Waals surface area (Å²) < 4.78 is 33.7. The van der Waals surface area contributed by atoms with Crippen LogP contribution >= 0.6 is 15.9 Å². The number of hydrazone groups is 1. The molecule has 5 nitrogen and oxygen atoms in total. The first-order valence-electron chi connectivity index (χ1n) is 8.66. The molecule has 30 heavy (non-hydrogen) atoms. The van der Waals surface area contributed by atoms with Gasteiger partial charge in [0.2, 0.25) is 0 Å². The van der Waals surface area contributed by atoms with Crippen LogP contribution in [-0.4, -0.2) is 12.1 Å².